The molecule has 0 saturated heterocycles. The highest BCUT2D eigenvalue weighted by Gasteiger charge is 2.29. The fraction of sp³-hybridized carbons (Fsp3) is 0.692. The average Bonchev–Trinajstić information content (AvgIpc) is 3.17. The summed E-state index contributed by atoms with van der Waals surface area (Å²) in [7, 11) is 0. The van der Waals surface area contributed by atoms with E-state index in [1.807, 2.05) is 11.6 Å². The molecule has 6 nitrogen and oxygen atoms in total. The lowest BCUT2D eigenvalue weighted by atomic mass is 9.91. The quantitative estimate of drug-likeness (QED) is 0.0790. The Balaban J connectivity index is 1.49. The summed E-state index contributed by atoms with van der Waals surface area (Å²) in [4.78, 5) is 27.3. The summed E-state index contributed by atoms with van der Waals surface area (Å²) in [5.41, 5.74) is 4.80. The van der Waals surface area contributed by atoms with Crippen molar-refractivity contribution in [3.8, 4) is 17.0 Å². The van der Waals surface area contributed by atoms with Gasteiger partial charge in [-0.25, -0.2) is 9.36 Å². The second kappa shape index (κ2) is 20.5. The van der Waals surface area contributed by atoms with Gasteiger partial charge in [-0.1, -0.05) is 122 Å². The van der Waals surface area contributed by atoms with Gasteiger partial charge in [0.1, 0.15) is 5.56 Å². The first-order valence-electron chi connectivity index (χ1n) is 18.3. The minimum atomic E-state index is -0.252. The van der Waals surface area contributed by atoms with Crippen LogP contribution in [0.5, 0.6) is 5.88 Å². The Morgan fingerprint density at radius 3 is 1.91 bits per heavy atom. The lowest BCUT2D eigenvalue weighted by Gasteiger charge is -2.17. The van der Waals surface area contributed by atoms with Gasteiger partial charge in [0.2, 0.25) is 5.88 Å². The number of allylic oxidation sites excluding steroid dienone is 2. The summed E-state index contributed by atoms with van der Waals surface area (Å²) < 4.78 is 15.4. The molecule has 1 aromatic carbocycles. The number of hydrogen-bond acceptors (Lipinski definition) is 4. The normalized spacial score (nSPS) is 14.1. The van der Waals surface area contributed by atoms with Crippen LogP contribution in [0.15, 0.2) is 29.1 Å². The van der Waals surface area contributed by atoms with Crippen molar-refractivity contribution in [3.05, 3.63) is 51.3 Å². The summed E-state index contributed by atoms with van der Waals surface area (Å²) in [6, 6.07) is 4.32. The van der Waals surface area contributed by atoms with Gasteiger partial charge in [-0.2, -0.15) is 0 Å². The Morgan fingerprint density at radius 2 is 1.33 bits per heavy atom. The second-order valence-corrected chi connectivity index (χ2v) is 13.1. The molecule has 0 fully saturated rings. The molecular weight excluding hydrogens is 560 g/mol. The van der Waals surface area contributed by atoms with Crippen LogP contribution in [0.3, 0.4) is 0 Å². The lowest BCUT2D eigenvalue weighted by Crippen LogP contribution is -2.24. The highest BCUT2D eigenvalue weighted by atomic mass is 16.5. The third-order valence-electron chi connectivity index (χ3n) is 9.29. The first kappa shape index (κ1) is 36.9. The van der Waals surface area contributed by atoms with Gasteiger partial charge in [0.05, 0.1) is 32.2 Å². The Bertz CT molecular complexity index is 1230. The van der Waals surface area contributed by atoms with Crippen molar-refractivity contribution in [3.63, 3.8) is 0 Å². The summed E-state index contributed by atoms with van der Waals surface area (Å²) in [6.45, 7) is 12.4. The van der Waals surface area contributed by atoms with Gasteiger partial charge >= 0.3 is 5.97 Å². The molecule has 1 aromatic heterocycles. The molecule has 252 valence electrons. The fourth-order valence-corrected chi connectivity index (χ4v) is 6.57. The molecule has 1 atom stereocenters. The zero-order valence-corrected chi connectivity index (χ0v) is 29.3. The van der Waals surface area contributed by atoms with Crippen LogP contribution in [0.4, 0.5) is 0 Å². The van der Waals surface area contributed by atoms with Gasteiger partial charge in [-0.3, -0.25) is 9.59 Å². The predicted octanol–water partition coefficient (Wildman–Crippen LogP) is 9.75. The molecule has 1 unspecified atom stereocenters. The van der Waals surface area contributed by atoms with E-state index in [0.717, 1.165) is 48.8 Å². The van der Waals surface area contributed by atoms with Gasteiger partial charge in [-0.15, -0.1) is 0 Å². The number of carbonyl (C=O) groups is 1. The maximum atomic E-state index is 13.9. The number of aromatic nitrogens is 2. The minimum absolute atomic E-state index is 0.0995. The molecule has 0 spiro atoms. The standard InChI is InChI=1S/C39H62N2O4/c1-6-9-10-11-12-13-14-15-16-17-18-19-20-21-22-23-24-32(5)39(43)45-38-36(37(42)40-25-27-44-28-26-41(38)40)35-33(7-2)29-31(4)30-34(35)8-3/h15-16,29-30,32H,6-14,17-28H2,1-5H3. The molecule has 0 bridgehead atoms. The number of ether oxygens (including phenoxy) is 2. The van der Waals surface area contributed by atoms with E-state index in [-0.39, 0.29) is 17.4 Å². The van der Waals surface area contributed by atoms with E-state index < -0.39 is 0 Å². The predicted molar refractivity (Wildman–Crippen MR) is 187 cm³/mol. The molecular formula is C39H62N2O4. The van der Waals surface area contributed by atoms with Crippen LogP contribution >= 0.6 is 0 Å². The number of hydrogen-bond donors (Lipinski definition) is 0. The van der Waals surface area contributed by atoms with Crippen molar-refractivity contribution in [1.29, 1.82) is 0 Å². The minimum Gasteiger partial charge on any atom is -0.407 e. The molecule has 3 rings (SSSR count). The van der Waals surface area contributed by atoms with E-state index in [9.17, 15) is 9.59 Å². The lowest BCUT2D eigenvalue weighted by molar-refractivity contribution is -0.139. The van der Waals surface area contributed by atoms with Gasteiger partial charge in [-0.05, 0) is 68.6 Å². The van der Waals surface area contributed by atoms with Gasteiger partial charge < -0.3 is 9.47 Å². The first-order chi connectivity index (χ1) is 21.9. The molecule has 6 heteroatoms. The Labute approximate surface area is 273 Å². The third-order valence-corrected chi connectivity index (χ3v) is 9.29. The number of nitrogens with zero attached hydrogens (tertiary/aromatic N) is 2. The monoisotopic (exact) mass is 622 g/mol. The van der Waals surface area contributed by atoms with Crippen molar-refractivity contribution in [2.24, 2.45) is 5.92 Å². The molecule has 0 N–H and O–H groups in total. The van der Waals surface area contributed by atoms with Gasteiger partial charge in [0.25, 0.3) is 5.56 Å². The molecule has 0 amide bonds. The molecule has 45 heavy (non-hydrogen) atoms. The second-order valence-electron chi connectivity index (χ2n) is 13.1. The maximum Gasteiger partial charge on any atom is 0.315 e. The van der Waals surface area contributed by atoms with Crippen LogP contribution in [0.25, 0.3) is 11.1 Å². The van der Waals surface area contributed by atoms with Crippen LogP contribution in [-0.4, -0.2) is 28.5 Å². The molecule has 0 radical (unpaired) electrons. The average molecular weight is 623 g/mol. The van der Waals surface area contributed by atoms with Crippen LogP contribution in [-0.2, 0) is 35.5 Å². The van der Waals surface area contributed by atoms with Crippen LogP contribution < -0.4 is 10.3 Å². The maximum absolute atomic E-state index is 13.9. The SMILES string of the molecule is CCCCCCCCC=CCCCCCCCCC(C)C(=O)Oc1c(-c2c(CC)cc(C)cc2CC)c(=O)n2n1CCOCC2. The van der Waals surface area contributed by atoms with E-state index in [4.69, 9.17) is 9.47 Å². The van der Waals surface area contributed by atoms with E-state index in [1.54, 1.807) is 4.68 Å². The Kier molecular flexibility index (Phi) is 16.8. The van der Waals surface area contributed by atoms with Crippen molar-refractivity contribution in [2.45, 2.75) is 157 Å². The number of aryl methyl sites for hydroxylation is 3. The number of fused-ring (bicyclic) bond motifs is 1. The summed E-state index contributed by atoms with van der Waals surface area (Å²) in [5, 5.41) is 0. The summed E-state index contributed by atoms with van der Waals surface area (Å²) in [6.07, 6.45) is 25.0. The van der Waals surface area contributed by atoms with Crippen molar-refractivity contribution in [1.82, 2.24) is 9.36 Å². The summed E-state index contributed by atoms with van der Waals surface area (Å²) in [5.74, 6) is -0.0906. The first-order valence-corrected chi connectivity index (χ1v) is 18.3. The molecule has 1 aliphatic heterocycles. The molecule has 2 aromatic rings. The highest BCUT2D eigenvalue weighted by molar-refractivity contribution is 5.80. The van der Waals surface area contributed by atoms with Crippen molar-refractivity contribution >= 4 is 5.97 Å². The van der Waals surface area contributed by atoms with E-state index in [2.05, 4.69) is 52.0 Å². The van der Waals surface area contributed by atoms with Gasteiger partial charge in [0.15, 0.2) is 0 Å². The molecule has 0 aliphatic carbocycles. The Hall–Kier alpha value is -2.60. The largest absolute Gasteiger partial charge is 0.407 e. The zero-order valence-electron chi connectivity index (χ0n) is 29.3. The van der Waals surface area contributed by atoms with Gasteiger partial charge in [0, 0.05) is 0 Å². The summed E-state index contributed by atoms with van der Waals surface area (Å²) >= 11 is 0. The smallest absolute Gasteiger partial charge is 0.315 e. The number of esters is 1. The van der Waals surface area contributed by atoms with Crippen LogP contribution in [0.1, 0.15) is 141 Å². The highest BCUT2D eigenvalue weighted by Crippen LogP contribution is 2.36. The Morgan fingerprint density at radius 1 is 0.800 bits per heavy atom. The van der Waals surface area contributed by atoms with Crippen molar-refractivity contribution < 1.29 is 14.3 Å². The number of carbonyl (C=O) groups excluding carboxylic acids is 1. The van der Waals surface area contributed by atoms with E-state index >= 15 is 0 Å². The molecule has 2 heterocycles. The van der Waals surface area contributed by atoms with Crippen LogP contribution in [0, 0.1) is 12.8 Å². The van der Waals surface area contributed by atoms with Crippen molar-refractivity contribution in [2.75, 3.05) is 13.2 Å². The number of rotatable bonds is 21. The number of benzene rings is 1. The zero-order chi connectivity index (χ0) is 32.4. The van der Waals surface area contributed by atoms with E-state index in [0.29, 0.717) is 37.7 Å². The number of unbranched alkanes of at least 4 members (excludes halogenated alkanes) is 12. The fourth-order valence-electron chi connectivity index (χ4n) is 6.57. The third kappa shape index (κ3) is 11.3. The van der Waals surface area contributed by atoms with Crippen LogP contribution in [0.2, 0.25) is 0 Å². The topological polar surface area (TPSA) is 62.5 Å². The molecule has 0 saturated carbocycles. The van der Waals surface area contributed by atoms with E-state index in [1.165, 1.54) is 82.6 Å². The molecule has 1 aliphatic rings.